The van der Waals surface area contributed by atoms with E-state index in [9.17, 15) is 9.59 Å². The Balaban J connectivity index is 1.88. The minimum Gasteiger partial charge on any atom is -0.497 e. The number of fused-ring (bicyclic) bond motifs is 1. The van der Waals surface area contributed by atoms with Gasteiger partial charge in [0, 0.05) is 5.56 Å². The zero-order chi connectivity index (χ0) is 14.8. The fourth-order valence-corrected chi connectivity index (χ4v) is 1.82. The molecule has 8 heteroatoms. The van der Waals surface area contributed by atoms with Crippen LogP contribution in [-0.4, -0.2) is 32.6 Å². The third-order valence-corrected chi connectivity index (χ3v) is 2.91. The zero-order valence-electron chi connectivity index (χ0n) is 11.0. The van der Waals surface area contributed by atoms with Crippen molar-refractivity contribution in [1.29, 1.82) is 0 Å². The summed E-state index contributed by atoms with van der Waals surface area (Å²) in [5, 5.41) is 5.14. The van der Waals surface area contributed by atoms with E-state index < -0.39 is 11.5 Å². The van der Waals surface area contributed by atoms with Crippen LogP contribution in [0.3, 0.4) is 0 Å². The lowest BCUT2D eigenvalue weighted by Crippen LogP contribution is -2.23. The summed E-state index contributed by atoms with van der Waals surface area (Å²) in [7, 11) is 1.54. The van der Waals surface area contributed by atoms with Crippen molar-refractivity contribution < 1.29 is 9.53 Å². The van der Waals surface area contributed by atoms with E-state index in [1.807, 2.05) is 0 Å². The van der Waals surface area contributed by atoms with Crippen molar-refractivity contribution in [3.8, 4) is 5.75 Å². The van der Waals surface area contributed by atoms with Crippen molar-refractivity contribution in [3.05, 3.63) is 52.7 Å². The number of carbonyl (C=O) groups excluding carboxylic acids is 1. The van der Waals surface area contributed by atoms with Crippen LogP contribution in [0, 0.1) is 0 Å². The van der Waals surface area contributed by atoms with Gasteiger partial charge in [-0.05, 0) is 24.3 Å². The molecule has 3 rings (SSSR count). The van der Waals surface area contributed by atoms with Crippen LogP contribution < -0.4 is 15.6 Å². The van der Waals surface area contributed by atoms with E-state index in [1.165, 1.54) is 12.5 Å². The van der Waals surface area contributed by atoms with E-state index in [1.54, 1.807) is 31.4 Å². The summed E-state index contributed by atoms with van der Waals surface area (Å²) in [4.78, 5) is 32.0. The molecule has 1 aromatic carbocycles. The molecule has 106 valence electrons. The highest BCUT2D eigenvalue weighted by Gasteiger charge is 2.11. The lowest BCUT2D eigenvalue weighted by Gasteiger charge is -2.05. The van der Waals surface area contributed by atoms with Crippen LogP contribution in [0.4, 0.5) is 5.69 Å². The largest absolute Gasteiger partial charge is 0.497 e. The Bertz CT molecular complexity index is 850. The van der Waals surface area contributed by atoms with Gasteiger partial charge in [0.05, 0.1) is 13.3 Å². The third-order valence-electron chi connectivity index (χ3n) is 2.91. The van der Waals surface area contributed by atoms with Crippen LogP contribution in [-0.2, 0) is 0 Å². The molecule has 0 unspecified atom stereocenters. The number of rotatable bonds is 3. The molecule has 0 spiro atoms. The molecule has 2 heterocycles. The molecule has 2 aromatic heterocycles. The SMILES string of the molecule is COc1ccc(C(=O)Nc2cnc3nc[nH]n3c2=O)cc1. The highest BCUT2D eigenvalue weighted by atomic mass is 16.5. The van der Waals surface area contributed by atoms with Gasteiger partial charge in [0.15, 0.2) is 0 Å². The fraction of sp³-hybridized carbons (Fsp3) is 0.0769. The van der Waals surface area contributed by atoms with Crippen LogP contribution in [0.1, 0.15) is 10.4 Å². The van der Waals surface area contributed by atoms with Crippen molar-refractivity contribution in [2.45, 2.75) is 0 Å². The van der Waals surface area contributed by atoms with Gasteiger partial charge in [-0.2, -0.15) is 4.52 Å². The molecule has 3 aromatic rings. The van der Waals surface area contributed by atoms with E-state index >= 15 is 0 Å². The minimum absolute atomic E-state index is 0.0672. The number of nitrogens with zero attached hydrogens (tertiary/aromatic N) is 3. The molecule has 2 N–H and O–H groups in total. The first-order valence-corrected chi connectivity index (χ1v) is 6.05. The van der Waals surface area contributed by atoms with Crippen LogP contribution in [0.25, 0.3) is 5.78 Å². The van der Waals surface area contributed by atoms with Crippen LogP contribution >= 0.6 is 0 Å². The number of amides is 1. The van der Waals surface area contributed by atoms with Gasteiger partial charge in [-0.25, -0.2) is 9.97 Å². The maximum atomic E-state index is 12.1. The zero-order valence-corrected chi connectivity index (χ0v) is 11.0. The lowest BCUT2D eigenvalue weighted by molar-refractivity contribution is 0.102. The number of aromatic nitrogens is 4. The second-order valence-corrected chi connectivity index (χ2v) is 4.18. The molecular weight excluding hydrogens is 274 g/mol. The Morgan fingerprint density at radius 1 is 1.29 bits per heavy atom. The number of carbonyl (C=O) groups is 1. The molecule has 0 saturated heterocycles. The second-order valence-electron chi connectivity index (χ2n) is 4.18. The van der Waals surface area contributed by atoms with Gasteiger partial charge >= 0.3 is 0 Å². The number of anilines is 1. The van der Waals surface area contributed by atoms with E-state index in [0.717, 1.165) is 4.52 Å². The van der Waals surface area contributed by atoms with Crippen LogP contribution in [0.2, 0.25) is 0 Å². The molecule has 1 amide bonds. The summed E-state index contributed by atoms with van der Waals surface area (Å²) in [6, 6.07) is 6.54. The summed E-state index contributed by atoms with van der Waals surface area (Å²) < 4.78 is 6.16. The van der Waals surface area contributed by atoms with Crippen molar-refractivity contribution in [3.63, 3.8) is 0 Å². The average molecular weight is 285 g/mol. The molecule has 0 aliphatic rings. The normalized spacial score (nSPS) is 10.5. The van der Waals surface area contributed by atoms with Crippen molar-refractivity contribution in [1.82, 2.24) is 19.6 Å². The van der Waals surface area contributed by atoms with Gasteiger partial charge in [0.25, 0.3) is 17.2 Å². The number of H-pyrrole nitrogens is 1. The van der Waals surface area contributed by atoms with Crippen molar-refractivity contribution in [2.75, 3.05) is 12.4 Å². The molecule has 0 aliphatic heterocycles. The van der Waals surface area contributed by atoms with Crippen molar-refractivity contribution >= 4 is 17.4 Å². The number of ether oxygens (including phenoxy) is 1. The highest BCUT2D eigenvalue weighted by Crippen LogP contribution is 2.12. The maximum Gasteiger partial charge on any atom is 0.297 e. The van der Waals surface area contributed by atoms with Crippen molar-refractivity contribution in [2.24, 2.45) is 0 Å². The van der Waals surface area contributed by atoms with Crippen LogP contribution in [0.15, 0.2) is 41.6 Å². The molecule has 0 aliphatic carbocycles. The Kier molecular flexibility index (Phi) is 3.11. The summed E-state index contributed by atoms with van der Waals surface area (Å²) in [5.41, 5.74) is 0.0434. The first-order chi connectivity index (χ1) is 10.2. The second kappa shape index (κ2) is 5.08. The molecule has 0 fully saturated rings. The number of hydrogen-bond donors (Lipinski definition) is 2. The van der Waals surface area contributed by atoms with Gasteiger partial charge in [-0.1, -0.05) is 0 Å². The Labute approximate surface area is 118 Å². The van der Waals surface area contributed by atoms with Gasteiger partial charge in [0.1, 0.15) is 17.8 Å². The number of hydrogen-bond acceptors (Lipinski definition) is 5. The Morgan fingerprint density at radius 3 is 2.76 bits per heavy atom. The average Bonchev–Trinajstić information content (AvgIpc) is 2.99. The molecule has 0 saturated carbocycles. The van der Waals surface area contributed by atoms with Gasteiger partial charge in [-0.15, -0.1) is 0 Å². The third kappa shape index (κ3) is 2.34. The minimum atomic E-state index is -0.431. The van der Waals surface area contributed by atoms with Gasteiger partial charge in [-0.3, -0.25) is 14.7 Å². The molecule has 0 bridgehead atoms. The standard InChI is InChI=1S/C13H11N5O3/c1-21-9-4-2-8(3-5-9)11(19)17-10-6-14-13-15-7-16-18(13)12(10)20/h2-7H,1H3,(H,17,19)(H,14,15,16). The lowest BCUT2D eigenvalue weighted by atomic mass is 10.2. The highest BCUT2D eigenvalue weighted by molar-refractivity contribution is 6.04. The number of benzene rings is 1. The summed E-state index contributed by atoms with van der Waals surface area (Å²) in [6.45, 7) is 0. The van der Waals surface area contributed by atoms with Gasteiger partial charge < -0.3 is 10.1 Å². The summed E-state index contributed by atoms with van der Waals surface area (Å²) in [5.74, 6) is 0.477. The van der Waals surface area contributed by atoms with E-state index in [-0.39, 0.29) is 11.5 Å². The predicted molar refractivity (Wildman–Crippen MR) is 74.6 cm³/mol. The number of methoxy groups -OCH3 is 1. The number of nitrogens with one attached hydrogen (secondary N) is 2. The maximum absolute atomic E-state index is 12.1. The predicted octanol–water partition coefficient (Wildman–Crippen LogP) is 0.678. The van der Waals surface area contributed by atoms with E-state index in [0.29, 0.717) is 11.3 Å². The Morgan fingerprint density at radius 2 is 2.05 bits per heavy atom. The smallest absolute Gasteiger partial charge is 0.297 e. The van der Waals surface area contributed by atoms with E-state index in [4.69, 9.17) is 4.74 Å². The number of aromatic amines is 1. The van der Waals surface area contributed by atoms with Crippen LogP contribution in [0.5, 0.6) is 5.75 Å². The molecule has 0 atom stereocenters. The molecule has 0 radical (unpaired) electrons. The fourth-order valence-electron chi connectivity index (χ4n) is 1.82. The first kappa shape index (κ1) is 12.9. The summed E-state index contributed by atoms with van der Waals surface area (Å²) in [6.07, 6.45) is 2.62. The molecule has 21 heavy (non-hydrogen) atoms. The summed E-state index contributed by atoms with van der Waals surface area (Å²) >= 11 is 0. The molecule has 8 nitrogen and oxygen atoms in total. The quantitative estimate of drug-likeness (QED) is 0.736. The first-order valence-electron chi connectivity index (χ1n) is 6.05. The Hall–Kier alpha value is -3.16. The van der Waals surface area contributed by atoms with Gasteiger partial charge in [0.2, 0.25) is 0 Å². The molecular formula is C13H11N5O3. The monoisotopic (exact) mass is 285 g/mol. The van der Waals surface area contributed by atoms with E-state index in [2.05, 4.69) is 20.4 Å². The topological polar surface area (TPSA) is 101 Å².